The first kappa shape index (κ1) is 13.3. The van der Waals surface area contributed by atoms with Crippen LogP contribution in [0.4, 0.5) is 17.6 Å². The second-order valence-electron chi connectivity index (χ2n) is 4.27. The zero-order valence-electron chi connectivity index (χ0n) is 8.98. The lowest BCUT2D eigenvalue weighted by Gasteiger charge is -2.30. The third kappa shape index (κ3) is 2.86. The van der Waals surface area contributed by atoms with Crippen molar-refractivity contribution >= 4 is 5.91 Å². The number of amides is 1. The number of rotatable bonds is 3. The summed E-state index contributed by atoms with van der Waals surface area (Å²) >= 11 is 0. The molecule has 1 amide bonds. The van der Waals surface area contributed by atoms with Crippen molar-refractivity contribution in [3.8, 4) is 0 Å². The van der Waals surface area contributed by atoms with E-state index in [4.69, 9.17) is 0 Å². The van der Waals surface area contributed by atoms with Crippen LogP contribution in [0.1, 0.15) is 32.6 Å². The molecule has 6 heteroatoms. The number of halogens is 4. The number of carbonyl (C=O) groups excluding carboxylic acids is 1. The molecule has 2 nitrogen and oxygen atoms in total. The van der Waals surface area contributed by atoms with Crippen molar-refractivity contribution in [1.29, 1.82) is 0 Å². The minimum absolute atomic E-state index is 0.0613. The fourth-order valence-corrected chi connectivity index (χ4v) is 1.89. The van der Waals surface area contributed by atoms with Gasteiger partial charge in [0.05, 0.1) is 0 Å². The minimum Gasteiger partial charge on any atom is -0.348 e. The molecule has 1 N–H and O–H groups in total. The second-order valence-corrected chi connectivity index (χ2v) is 4.27. The van der Waals surface area contributed by atoms with E-state index in [1.807, 2.05) is 12.2 Å². The zero-order valence-corrected chi connectivity index (χ0v) is 8.98. The van der Waals surface area contributed by atoms with Gasteiger partial charge >= 0.3 is 12.3 Å². The van der Waals surface area contributed by atoms with Gasteiger partial charge in [0.15, 0.2) is 0 Å². The molecule has 1 aliphatic rings. The summed E-state index contributed by atoms with van der Waals surface area (Å²) in [7, 11) is 0. The Hall–Kier alpha value is -0.810. The van der Waals surface area contributed by atoms with Gasteiger partial charge in [-0.1, -0.05) is 19.8 Å². The molecule has 2 unspecified atom stereocenters. The van der Waals surface area contributed by atoms with Crippen molar-refractivity contribution in [2.24, 2.45) is 5.92 Å². The molecule has 0 aromatic rings. The van der Waals surface area contributed by atoms with Crippen LogP contribution >= 0.6 is 0 Å². The number of alkyl halides is 4. The number of nitrogens with one attached hydrogen (secondary N) is 1. The van der Waals surface area contributed by atoms with Crippen LogP contribution < -0.4 is 5.32 Å². The van der Waals surface area contributed by atoms with Crippen molar-refractivity contribution in [1.82, 2.24) is 5.32 Å². The summed E-state index contributed by atoms with van der Waals surface area (Å²) in [5, 5.41) is 2.02. The summed E-state index contributed by atoms with van der Waals surface area (Å²) in [5.74, 6) is -6.38. The molecule has 1 rings (SSSR count). The van der Waals surface area contributed by atoms with Crippen molar-refractivity contribution in [2.75, 3.05) is 0 Å². The number of hydrogen-bond donors (Lipinski definition) is 1. The fourth-order valence-electron chi connectivity index (χ4n) is 1.89. The lowest BCUT2D eigenvalue weighted by molar-refractivity contribution is -0.170. The highest BCUT2D eigenvalue weighted by molar-refractivity contribution is 5.84. The van der Waals surface area contributed by atoms with Crippen molar-refractivity contribution in [2.45, 2.75) is 51.0 Å². The standard InChI is InChI=1S/C10H15F4NO/c1-6-4-2-3-5-7(6)15-9(16)10(13,14)8(11)12/h6-8H,2-5H2,1H3,(H,15,16). The van der Waals surface area contributed by atoms with E-state index in [1.165, 1.54) is 0 Å². The first-order valence-electron chi connectivity index (χ1n) is 5.32. The highest BCUT2D eigenvalue weighted by atomic mass is 19.3. The lowest BCUT2D eigenvalue weighted by Crippen LogP contribution is -2.51. The van der Waals surface area contributed by atoms with Gasteiger partial charge in [-0.2, -0.15) is 8.78 Å². The Labute approximate surface area is 91.4 Å². The summed E-state index contributed by atoms with van der Waals surface area (Å²) in [5.41, 5.74) is 0. The maximum atomic E-state index is 12.7. The van der Waals surface area contributed by atoms with E-state index in [0.29, 0.717) is 6.42 Å². The topological polar surface area (TPSA) is 29.1 Å². The van der Waals surface area contributed by atoms with E-state index in [0.717, 1.165) is 19.3 Å². The molecule has 0 aliphatic heterocycles. The summed E-state index contributed by atoms with van der Waals surface area (Å²) in [6.07, 6.45) is -0.738. The summed E-state index contributed by atoms with van der Waals surface area (Å²) in [6.45, 7) is 1.82. The van der Waals surface area contributed by atoms with Crippen LogP contribution in [0.5, 0.6) is 0 Å². The molecule has 0 bridgehead atoms. The Bertz CT molecular complexity index is 257. The normalized spacial score (nSPS) is 26.9. The van der Waals surface area contributed by atoms with Crippen LogP contribution in [-0.4, -0.2) is 24.3 Å². The Balaban J connectivity index is 2.56. The van der Waals surface area contributed by atoms with Gasteiger partial charge in [-0.3, -0.25) is 4.79 Å². The molecule has 0 saturated heterocycles. The molecule has 0 spiro atoms. The molecule has 0 radical (unpaired) electrons. The van der Waals surface area contributed by atoms with Crippen molar-refractivity contribution < 1.29 is 22.4 Å². The van der Waals surface area contributed by atoms with Crippen LogP contribution in [0.15, 0.2) is 0 Å². The van der Waals surface area contributed by atoms with Crippen molar-refractivity contribution in [3.05, 3.63) is 0 Å². The Morgan fingerprint density at radius 2 is 1.88 bits per heavy atom. The Morgan fingerprint density at radius 3 is 2.38 bits per heavy atom. The SMILES string of the molecule is CC1CCCCC1NC(=O)C(F)(F)C(F)F. The van der Waals surface area contributed by atoms with Crippen LogP contribution in [-0.2, 0) is 4.79 Å². The molecular formula is C10H15F4NO. The predicted octanol–water partition coefficient (Wildman–Crippen LogP) is 2.58. The molecule has 0 heterocycles. The highest BCUT2D eigenvalue weighted by Gasteiger charge is 2.49. The molecule has 0 aromatic heterocycles. The molecule has 94 valence electrons. The highest BCUT2D eigenvalue weighted by Crippen LogP contribution is 2.27. The van der Waals surface area contributed by atoms with Gasteiger partial charge in [0, 0.05) is 6.04 Å². The summed E-state index contributed by atoms with van der Waals surface area (Å²) in [4.78, 5) is 11.0. The van der Waals surface area contributed by atoms with E-state index in [9.17, 15) is 22.4 Å². The van der Waals surface area contributed by atoms with Gasteiger partial charge in [-0.25, -0.2) is 8.78 Å². The van der Waals surface area contributed by atoms with Crippen molar-refractivity contribution in [3.63, 3.8) is 0 Å². The van der Waals surface area contributed by atoms with Crippen LogP contribution in [0.2, 0.25) is 0 Å². The molecule has 2 atom stereocenters. The third-order valence-electron chi connectivity index (χ3n) is 3.00. The van der Waals surface area contributed by atoms with Gasteiger partial charge < -0.3 is 5.32 Å². The van der Waals surface area contributed by atoms with Crippen LogP contribution in [0.3, 0.4) is 0 Å². The molecule has 1 aliphatic carbocycles. The molecular weight excluding hydrogens is 226 g/mol. The average molecular weight is 241 g/mol. The van der Waals surface area contributed by atoms with E-state index in [2.05, 4.69) is 0 Å². The quantitative estimate of drug-likeness (QED) is 0.756. The maximum absolute atomic E-state index is 12.7. The molecule has 16 heavy (non-hydrogen) atoms. The minimum atomic E-state index is -4.59. The third-order valence-corrected chi connectivity index (χ3v) is 3.00. The lowest BCUT2D eigenvalue weighted by atomic mass is 9.86. The zero-order chi connectivity index (χ0) is 12.3. The molecule has 1 saturated carbocycles. The number of carbonyl (C=O) groups is 1. The fraction of sp³-hybridized carbons (Fsp3) is 0.900. The number of hydrogen-bond acceptors (Lipinski definition) is 1. The first-order chi connectivity index (χ1) is 7.35. The molecule has 0 aromatic carbocycles. The van der Waals surface area contributed by atoms with Gasteiger partial charge in [-0.15, -0.1) is 0 Å². The predicted molar refractivity (Wildman–Crippen MR) is 50.5 cm³/mol. The first-order valence-corrected chi connectivity index (χ1v) is 5.32. The van der Waals surface area contributed by atoms with E-state index in [-0.39, 0.29) is 5.92 Å². The van der Waals surface area contributed by atoms with Crippen LogP contribution in [0, 0.1) is 5.92 Å². The van der Waals surface area contributed by atoms with E-state index >= 15 is 0 Å². The van der Waals surface area contributed by atoms with E-state index < -0.39 is 24.3 Å². The Morgan fingerprint density at radius 1 is 1.31 bits per heavy atom. The second kappa shape index (κ2) is 5.01. The maximum Gasteiger partial charge on any atom is 0.383 e. The molecule has 1 fully saturated rings. The van der Waals surface area contributed by atoms with Gasteiger partial charge in [-0.05, 0) is 18.8 Å². The van der Waals surface area contributed by atoms with Gasteiger partial charge in [0.25, 0.3) is 5.91 Å². The van der Waals surface area contributed by atoms with Gasteiger partial charge in [0.2, 0.25) is 0 Å². The summed E-state index contributed by atoms with van der Waals surface area (Å²) in [6, 6.07) is -0.411. The van der Waals surface area contributed by atoms with Gasteiger partial charge in [0.1, 0.15) is 0 Å². The summed E-state index contributed by atoms with van der Waals surface area (Å²) < 4.78 is 49.1. The smallest absolute Gasteiger partial charge is 0.348 e. The largest absolute Gasteiger partial charge is 0.383 e. The average Bonchev–Trinajstić information content (AvgIpc) is 2.21. The van der Waals surface area contributed by atoms with E-state index in [1.54, 1.807) is 0 Å². The monoisotopic (exact) mass is 241 g/mol. The van der Waals surface area contributed by atoms with Crippen LogP contribution in [0.25, 0.3) is 0 Å². The Kier molecular flexibility index (Phi) is 4.15.